The van der Waals surface area contributed by atoms with Crippen LogP contribution in [-0.2, 0) is 6.42 Å². The van der Waals surface area contributed by atoms with Crippen LogP contribution >= 0.6 is 0 Å². The fraction of sp³-hybridized carbons (Fsp3) is 0.167. The van der Waals surface area contributed by atoms with Crippen molar-refractivity contribution < 1.29 is 18.7 Å². The van der Waals surface area contributed by atoms with Crippen LogP contribution in [0.1, 0.15) is 17.8 Å². The number of para-hydroxylation sites is 1. The highest BCUT2D eigenvalue weighted by Crippen LogP contribution is 2.25. The van der Waals surface area contributed by atoms with E-state index < -0.39 is 18.1 Å². The molecular weight excluding hydrogens is 344 g/mol. The molecule has 0 spiro atoms. The molecule has 2 aromatic carbocycles. The number of halogens is 2. The third-order valence-corrected chi connectivity index (χ3v) is 3.87. The summed E-state index contributed by atoms with van der Waals surface area (Å²) >= 11 is 0. The van der Waals surface area contributed by atoms with E-state index in [1.807, 2.05) is 0 Å². The van der Waals surface area contributed by atoms with Gasteiger partial charge in [0, 0.05) is 18.5 Å². The van der Waals surface area contributed by atoms with E-state index in [0.29, 0.717) is 5.69 Å². The van der Waals surface area contributed by atoms with Crippen molar-refractivity contribution in [2.45, 2.75) is 12.8 Å². The lowest BCUT2D eigenvalue weighted by atomic mass is 10.1. The molecule has 3 aromatic rings. The van der Waals surface area contributed by atoms with E-state index in [1.165, 1.54) is 22.8 Å². The molecule has 1 heterocycles. The fourth-order valence-electron chi connectivity index (χ4n) is 2.78. The number of fused-ring (bicyclic) bond motifs is 1. The van der Waals surface area contributed by atoms with Crippen LogP contribution in [0.3, 0.4) is 0 Å². The molecule has 0 atom stereocenters. The van der Waals surface area contributed by atoms with Gasteiger partial charge in [-0.1, -0.05) is 30.3 Å². The van der Waals surface area contributed by atoms with Crippen LogP contribution in [0.5, 0.6) is 0 Å². The second kappa shape index (κ2) is 7.30. The Morgan fingerprint density at radius 1 is 1.15 bits per heavy atom. The highest BCUT2D eigenvalue weighted by molar-refractivity contribution is 5.82. The van der Waals surface area contributed by atoms with E-state index in [4.69, 9.17) is 5.11 Å². The van der Waals surface area contributed by atoms with E-state index in [-0.39, 0.29) is 35.3 Å². The second-order valence-corrected chi connectivity index (χ2v) is 5.53. The van der Waals surface area contributed by atoms with Crippen molar-refractivity contribution in [3.8, 4) is 5.69 Å². The minimum atomic E-state index is -2.81. The number of amides is 1. The zero-order valence-corrected chi connectivity index (χ0v) is 13.5. The Hall–Kier alpha value is -3.29. The third kappa shape index (κ3) is 3.39. The Kier molecular flexibility index (Phi) is 4.92. The van der Waals surface area contributed by atoms with Crippen LogP contribution in [0.15, 0.2) is 53.3 Å². The number of alkyl halides is 2. The van der Waals surface area contributed by atoms with Gasteiger partial charge in [-0.2, -0.15) is 0 Å². The van der Waals surface area contributed by atoms with E-state index in [0.717, 1.165) is 0 Å². The average Bonchev–Trinajstić information content (AvgIpc) is 2.61. The molecule has 0 aliphatic carbocycles. The Labute approximate surface area is 146 Å². The summed E-state index contributed by atoms with van der Waals surface area (Å²) in [5, 5.41) is 10.8. The molecule has 134 valence electrons. The molecule has 0 saturated heterocycles. The topological polar surface area (TPSA) is 84.2 Å². The molecule has 3 rings (SSSR count). The number of nitrogens with zero attached hydrogens (tertiary/aromatic N) is 2. The molecule has 0 aliphatic rings. The number of aromatic nitrogens is 2. The zero-order valence-electron chi connectivity index (χ0n) is 13.5. The highest BCUT2D eigenvalue weighted by Gasteiger charge is 2.19. The lowest BCUT2D eigenvalue weighted by Crippen LogP contribution is -2.29. The fourth-order valence-corrected chi connectivity index (χ4v) is 2.78. The lowest BCUT2D eigenvalue weighted by Gasteiger charge is -2.15. The third-order valence-electron chi connectivity index (χ3n) is 3.87. The number of carbonyl (C=O) groups is 1. The molecule has 0 fully saturated rings. The molecule has 26 heavy (non-hydrogen) atoms. The first-order chi connectivity index (χ1) is 12.5. The first kappa shape index (κ1) is 17.5. The summed E-state index contributed by atoms with van der Waals surface area (Å²) in [4.78, 5) is 28.0. The predicted octanol–water partition coefficient (Wildman–Crippen LogP) is 3.13. The molecule has 0 unspecified atom stereocenters. The van der Waals surface area contributed by atoms with Crippen LogP contribution in [0.25, 0.3) is 16.6 Å². The summed E-state index contributed by atoms with van der Waals surface area (Å²) in [7, 11) is 0. The van der Waals surface area contributed by atoms with Gasteiger partial charge in [0.05, 0.1) is 16.6 Å². The van der Waals surface area contributed by atoms with E-state index in [2.05, 4.69) is 10.3 Å². The normalized spacial score (nSPS) is 11.0. The van der Waals surface area contributed by atoms with Crippen LogP contribution < -0.4 is 10.9 Å². The quantitative estimate of drug-likeness (QED) is 0.733. The second-order valence-electron chi connectivity index (χ2n) is 5.53. The van der Waals surface area contributed by atoms with Gasteiger partial charge in [0.1, 0.15) is 5.82 Å². The van der Waals surface area contributed by atoms with Crippen LogP contribution in [0, 0.1) is 0 Å². The lowest BCUT2D eigenvalue weighted by molar-refractivity contribution is 0.153. The van der Waals surface area contributed by atoms with Gasteiger partial charge in [-0.25, -0.2) is 18.6 Å². The van der Waals surface area contributed by atoms with Crippen molar-refractivity contribution in [2.75, 3.05) is 6.54 Å². The van der Waals surface area contributed by atoms with Crippen molar-refractivity contribution in [2.24, 2.45) is 0 Å². The van der Waals surface area contributed by atoms with Gasteiger partial charge in [0.25, 0.3) is 12.0 Å². The summed E-state index contributed by atoms with van der Waals surface area (Å²) in [6, 6.07) is 12.6. The van der Waals surface area contributed by atoms with Gasteiger partial charge in [-0.05, 0) is 18.2 Å². The molecule has 8 heteroatoms. The number of hydrogen-bond donors (Lipinski definition) is 2. The SMILES string of the molecule is O=C(O)NCCc1nc2cccc(C(F)F)c2c(=O)n1-c1ccccc1. The number of nitrogens with one attached hydrogen (secondary N) is 1. The molecule has 0 radical (unpaired) electrons. The Bertz CT molecular complexity index is 1000. The van der Waals surface area contributed by atoms with Gasteiger partial charge >= 0.3 is 6.09 Å². The van der Waals surface area contributed by atoms with Crippen molar-refractivity contribution in [1.82, 2.24) is 14.9 Å². The summed E-state index contributed by atoms with van der Waals surface area (Å²) in [5.41, 5.74) is -0.353. The molecule has 1 amide bonds. The summed E-state index contributed by atoms with van der Waals surface area (Å²) < 4.78 is 28.0. The van der Waals surface area contributed by atoms with E-state index in [1.54, 1.807) is 30.3 Å². The first-order valence-corrected chi connectivity index (χ1v) is 7.84. The highest BCUT2D eigenvalue weighted by atomic mass is 19.3. The average molecular weight is 359 g/mol. The summed E-state index contributed by atoms with van der Waals surface area (Å²) in [6.07, 6.45) is -3.87. The molecule has 6 nitrogen and oxygen atoms in total. The maximum atomic E-state index is 13.4. The summed E-state index contributed by atoms with van der Waals surface area (Å²) in [6.45, 7) is 0.0364. The minimum absolute atomic E-state index is 0.0364. The van der Waals surface area contributed by atoms with Crippen molar-refractivity contribution in [1.29, 1.82) is 0 Å². The molecule has 0 bridgehead atoms. The standard InChI is InChI=1S/C18H15F2N3O3/c19-16(20)12-7-4-8-13-15(12)17(24)23(11-5-2-1-3-6-11)14(22-13)9-10-21-18(25)26/h1-8,16,21H,9-10H2,(H,25,26). The van der Waals surface area contributed by atoms with Gasteiger partial charge < -0.3 is 10.4 Å². The predicted molar refractivity (Wildman–Crippen MR) is 92.0 cm³/mol. The molecule has 0 saturated carbocycles. The minimum Gasteiger partial charge on any atom is -0.465 e. The largest absolute Gasteiger partial charge is 0.465 e. The molecule has 1 aromatic heterocycles. The first-order valence-electron chi connectivity index (χ1n) is 7.84. The van der Waals surface area contributed by atoms with Gasteiger partial charge in [0.15, 0.2) is 0 Å². The zero-order chi connectivity index (χ0) is 18.7. The van der Waals surface area contributed by atoms with Crippen molar-refractivity contribution in [3.05, 3.63) is 70.3 Å². The van der Waals surface area contributed by atoms with Crippen molar-refractivity contribution >= 4 is 17.0 Å². The number of hydrogen-bond acceptors (Lipinski definition) is 3. The van der Waals surface area contributed by atoms with Gasteiger partial charge in [-0.15, -0.1) is 0 Å². The Morgan fingerprint density at radius 2 is 1.88 bits per heavy atom. The van der Waals surface area contributed by atoms with Crippen LogP contribution in [-0.4, -0.2) is 27.3 Å². The summed E-state index contributed by atoms with van der Waals surface area (Å²) in [5.74, 6) is 0.286. The maximum absolute atomic E-state index is 13.4. The number of rotatable bonds is 5. The van der Waals surface area contributed by atoms with Crippen molar-refractivity contribution in [3.63, 3.8) is 0 Å². The van der Waals surface area contributed by atoms with Gasteiger partial charge in [0.2, 0.25) is 0 Å². The monoisotopic (exact) mass is 359 g/mol. The molecule has 0 aliphatic heterocycles. The Morgan fingerprint density at radius 3 is 2.54 bits per heavy atom. The molecule has 2 N–H and O–H groups in total. The van der Waals surface area contributed by atoms with E-state index in [9.17, 15) is 18.4 Å². The smallest absolute Gasteiger partial charge is 0.404 e. The van der Waals surface area contributed by atoms with Crippen LogP contribution in [0.4, 0.5) is 13.6 Å². The number of carboxylic acid groups (broad SMARTS) is 1. The van der Waals surface area contributed by atoms with Crippen LogP contribution in [0.2, 0.25) is 0 Å². The number of benzene rings is 2. The molecular formula is C18H15F2N3O3. The van der Waals surface area contributed by atoms with Gasteiger partial charge in [-0.3, -0.25) is 9.36 Å². The Balaban J connectivity index is 2.25. The van der Waals surface area contributed by atoms with E-state index >= 15 is 0 Å². The maximum Gasteiger partial charge on any atom is 0.404 e.